The molecule has 80 valence electrons. The van der Waals surface area contributed by atoms with Crippen LogP contribution in [0, 0.1) is 5.41 Å². The minimum absolute atomic E-state index is 0.185. The Balaban J connectivity index is 1.92. The van der Waals surface area contributed by atoms with Crippen molar-refractivity contribution in [3.8, 4) is 0 Å². The number of nitrogens with two attached hydrogens (primary N) is 1. The summed E-state index contributed by atoms with van der Waals surface area (Å²) < 4.78 is 0. The van der Waals surface area contributed by atoms with Crippen LogP contribution >= 0.6 is 0 Å². The first-order valence-corrected chi connectivity index (χ1v) is 4.96. The van der Waals surface area contributed by atoms with Gasteiger partial charge in [0.25, 0.3) is 5.91 Å². The zero-order valence-corrected chi connectivity index (χ0v) is 8.66. The maximum Gasteiger partial charge on any atom is 0.271 e. The number of carbonyl (C=O) groups excluding carboxylic acids is 1. The highest BCUT2D eigenvalue weighted by Crippen LogP contribution is 2.44. The number of nitrogens with one attached hydrogen (secondary N) is 1. The molecule has 1 fully saturated rings. The molecule has 0 aromatic carbocycles. The first-order valence-electron chi connectivity index (χ1n) is 4.96. The highest BCUT2D eigenvalue weighted by Gasteiger charge is 2.37. The minimum Gasteiger partial charge on any atom is -0.382 e. The van der Waals surface area contributed by atoms with E-state index in [4.69, 9.17) is 5.73 Å². The van der Waals surface area contributed by atoms with Gasteiger partial charge in [0.2, 0.25) is 0 Å². The zero-order valence-electron chi connectivity index (χ0n) is 8.66. The second kappa shape index (κ2) is 3.49. The Bertz CT molecular complexity index is 370. The second-order valence-corrected chi connectivity index (χ2v) is 4.34. The molecule has 0 radical (unpaired) electrons. The van der Waals surface area contributed by atoms with E-state index in [1.807, 2.05) is 0 Å². The summed E-state index contributed by atoms with van der Waals surface area (Å²) in [6.45, 7) is 2.86. The van der Waals surface area contributed by atoms with Gasteiger partial charge in [0.1, 0.15) is 5.82 Å². The van der Waals surface area contributed by atoms with Gasteiger partial charge in [-0.3, -0.25) is 4.79 Å². The van der Waals surface area contributed by atoms with Crippen molar-refractivity contribution in [2.45, 2.75) is 19.8 Å². The number of rotatable bonds is 3. The molecule has 1 saturated carbocycles. The maximum atomic E-state index is 11.6. The van der Waals surface area contributed by atoms with Gasteiger partial charge in [-0.15, -0.1) is 10.2 Å². The van der Waals surface area contributed by atoms with E-state index in [0.29, 0.717) is 23.5 Å². The molecule has 15 heavy (non-hydrogen) atoms. The SMILES string of the molecule is CC1(CNC(=O)c2ccc(N)nn2)CC1. The standard InChI is InChI=1S/C10H14N4O/c1-10(4-5-10)6-12-9(15)7-2-3-8(11)14-13-7/h2-3H,4-6H2,1H3,(H2,11,14)(H,12,15). The number of anilines is 1. The fourth-order valence-electron chi connectivity index (χ4n) is 1.24. The first kappa shape index (κ1) is 9.89. The molecule has 1 heterocycles. The van der Waals surface area contributed by atoms with Crippen molar-refractivity contribution in [1.82, 2.24) is 15.5 Å². The van der Waals surface area contributed by atoms with Crippen LogP contribution in [0.5, 0.6) is 0 Å². The van der Waals surface area contributed by atoms with E-state index < -0.39 is 0 Å². The van der Waals surface area contributed by atoms with Crippen molar-refractivity contribution in [2.24, 2.45) is 5.41 Å². The summed E-state index contributed by atoms with van der Waals surface area (Å²) in [6.07, 6.45) is 2.36. The summed E-state index contributed by atoms with van der Waals surface area (Å²) in [5.41, 5.74) is 5.99. The van der Waals surface area contributed by atoms with E-state index in [1.165, 1.54) is 12.8 Å². The fourth-order valence-corrected chi connectivity index (χ4v) is 1.24. The van der Waals surface area contributed by atoms with Crippen LogP contribution < -0.4 is 11.1 Å². The Morgan fingerprint density at radius 3 is 2.80 bits per heavy atom. The Hall–Kier alpha value is -1.65. The lowest BCUT2D eigenvalue weighted by Crippen LogP contribution is -2.29. The lowest BCUT2D eigenvalue weighted by Gasteiger charge is -2.08. The third-order valence-electron chi connectivity index (χ3n) is 2.70. The number of nitrogens with zero attached hydrogens (tertiary/aromatic N) is 2. The number of hydrogen-bond donors (Lipinski definition) is 2. The predicted molar refractivity (Wildman–Crippen MR) is 56.1 cm³/mol. The fraction of sp³-hybridized carbons (Fsp3) is 0.500. The molecule has 5 nitrogen and oxygen atoms in total. The van der Waals surface area contributed by atoms with Crippen LogP contribution in [0.2, 0.25) is 0 Å². The van der Waals surface area contributed by atoms with Crippen LogP contribution in [0.4, 0.5) is 5.82 Å². The molecule has 2 rings (SSSR count). The molecule has 1 aliphatic carbocycles. The van der Waals surface area contributed by atoms with Crippen LogP contribution in [0.25, 0.3) is 0 Å². The molecular formula is C10H14N4O. The van der Waals surface area contributed by atoms with Crippen LogP contribution in [0.1, 0.15) is 30.3 Å². The molecule has 0 unspecified atom stereocenters. The van der Waals surface area contributed by atoms with Gasteiger partial charge >= 0.3 is 0 Å². The summed E-state index contributed by atoms with van der Waals surface area (Å²) in [5, 5.41) is 10.2. The quantitative estimate of drug-likeness (QED) is 0.758. The van der Waals surface area contributed by atoms with Crippen LogP contribution in [0.3, 0.4) is 0 Å². The first-order chi connectivity index (χ1) is 7.09. The number of carbonyl (C=O) groups is 1. The van der Waals surface area contributed by atoms with Gasteiger partial charge in [0, 0.05) is 6.54 Å². The van der Waals surface area contributed by atoms with Crippen molar-refractivity contribution in [3.63, 3.8) is 0 Å². The van der Waals surface area contributed by atoms with Gasteiger partial charge in [0.05, 0.1) is 0 Å². The normalized spacial score (nSPS) is 17.1. The van der Waals surface area contributed by atoms with E-state index in [1.54, 1.807) is 12.1 Å². The number of aromatic nitrogens is 2. The predicted octanol–water partition coefficient (Wildman–Crippen LogP) is 0.589. The third kappa shape index (κ3) is 2.43. The van der Waals surface area contributed by atoms with E-state index in [-0.39, 0.29) is 5.91 Å². The van der Waals surface area contributed by atoms with Crippen LogP contribution in [0.15, 0.2) is 12.1 Å². The van der Waals surface area contributed by atoms with Gasteiger partial charge in [-0.05, 0) is 30.4 Å². The average molecular weight is 206 g/mol. The maximum absolute atomic E-state index is 11.6. The Morgan fingerprint density at radius 2 is 2.27 bits per heavy atom. The Kier molecular flexibility index (Phi) is 2.30. The summed E-state index contributed by atoms with van der Waals surface area (Å²) in [7, 11) is 0. The lowest BCUT2D eigenvalue weighted by atomic mass is 10.1. The van der Waals surface area contributed by atoms with Gasteiger partial charge in [0.15, 0.2) is 5.69 Å². The summed E-state index contributed by atoms with van der Waals surface area (Å²) in [5.74, 6) is 0.135. The van der Waals surface area contributed by atoms with Crippen molar-refractivity contribution in [1.29, 1.82) is 0 Å². The topological polar surface area (TPSA) is 80.9 Å². The zero-order chi connectivity index (χ0) is 10.9. The molecule has 0 atom stereocenters. The summed E-state index contributed by atoms with van der Waals surface area (Å²) >= 11 is 0. The molecule has 1 aliphatic rings. The second-order valence-electron chi connectivity index (χ2n) is 4.34. The smallest absolute Gasteiger partial charge is 0.271 e. The Morgan fingerprint density at radius 1 is 1.53 bits per heavy atom. The van der Waals surface area contributed by atoms with E-state index >= 15 is 0 Å². The minimum atomic E-state index is -0.185. The molecule has 0 spiro atoms. The highest BCUT2D eigenvalue weighted by molar-refractivity contribution is 5.92. The molecule has 3 N–H and O–H groups in total. The number of nitrogen functional groups attached to an aromatic ring is 1. The van der Waals surface area contributed by atoms with Crippen LogP contribution in [-0.2, 0) is 0 Å². The molecule has 0 bridgehead atoms. The van der Waals surface area contributed by atoms with Gasteiger partial charge in [-0.1, -0.05) is 6.92 Å². The summed E-state index contributed by atoms with van der Waals surface area (Å²) in [4.78, 5) is 11.6. The third-order valence-corrected chi connectivity index (χ3v) is 2.70. The van der Waals surface area contributed by atoms with E-state index in [0.717, 1.165) is 0 Å². The monoisotopic (exact) mass is 206 g/mol. The molecule has 1 aromatic heterocycles. The molecular weight excluding hydrogens is 192 g/mol. The van der Waals surface area contributed by atoms with Crippen molar-refractivity contribution in [3.05, 3.63) is 17.8 Å². The molecule has 1 aromatic rings. The largest absolute Gasteiger partial charge is 0.382 e. The number of amides is 1. The molecule has 1 amide bonds. The molecule has 0 aliphatic heterocycles. The summed E-state index contributed by atoms with van der Waals surface area (Å²) in [6, 6.07) is 3.15. The van der Waals surface area contributed by atoms with Gasteiger partial charge < -0.3 is 11.1 Å². The molecule has 5 heteroatoms. The van der Waals surface area contributed by atoms with Crippen molar-refractivity contribution < 1.29 is 4.79 Å². The highest BCUT2D eigenvalue weighted by atomic mass is 16.1. The lowest BCUT2D eigenvalue weighted by molar-refractivity contribution is 0.0940. The van der Waals surface area contributed by atoms with Crippen LogP contribution in [-0.4, -0.2) is 22.6 Å². The van der Waals surface area contributed by atoms with Crippen molar-refractivity contribution >= 4 is 11.7 Å². The Labute approximate surface area is 88.1 Å². The number of hydrogen-bond acceptors (Lipinski definition) is 4. The van der Waals surface area contributed by atoms with E-state index in [2.05, 4.69) is 22.4 Å². The van der Waals surface area contributed by atoms with E-state index in [9.17, 15) is 4.79 Å². The van der Waals surface area contributed by atoms with Gasteiger partial charge in [-0.25, -0.2) is 0 Å². The van der Waals surface area contributed by atoms with Gasteiger partial charge in [-0.2, -0.15) is 0 Å². The molecule has 0 saturated heterocycles. The van der Waals surface area contributed by atoms with Crippen molar-refractivity contribution in [2.75, 3.05) is 12.3 Å². The average Bonchev–Trinajstić information content (AvgIpc) is 2.95.